The van der Waals surface area contributed by atoms with Crippen molar-refractivity contribution < 1.29 is 36.2 Å². The number of hydrogen-bond donors (Lipinski definition) is 0. The number of carbonyl (C=O) groups excluding carboxylic acids is 1. The number of oxazole rings is 1. The van der Waals surface area contributed by atoms with Crippen molar-refractivity contribution >= 4 is 34.5 Å². The van der Waals surface area contributed by atoms with Gasteiger partial charge in [0.1, 0.15) is 17.3 Å². The molecule has 3 aromatic rings. The van der Waals surface area contributed by atoms with Crippen LogP contribution in [0.4, 0.5) is 28.4 Å². The van der Waals surface area contributed by atoms with Crippen LogP contribution in [-0.2, 0) is 4.74 Å². The number of carbonyl (C=O) groups is 1. The summed E-state index contributed by atoms with van der Waals surface area (Å²) in [6.45, 7) is 4.29. The second-order valence-corrected chi connectivity index (χ2v) is 10.6. The van der Waals surface area contributed by atoms with Crippen LogP contribution in [0.3, 0.4) is 0 Å². The molecule has 3 aliphatic rings. The Balaban J connectivity index is 1.45. The molecule has 6 rings (SSSR count). The molecule has 1 amide bonds. The predicted molar refractivity (Wildman–Crippen MR) is 124 cm³/mol. The molecule has 3 unspecified atom stereocenters. The minimum atomic E-state index is -4.40. The molecule has 0 radical (unpaired) electrons. The Morgan fingerprint density at radius 2 is 2.00 bits per heavy atom. The fourth-order valence-corrected chi connectivity index (χ4v) is 5.05. The van der Waals surface area contributed by atoms with Gasteiger partial charge in [0.15, 0.2) is 16.8 Å². The third-order valence-electron chi connectivity index (χ3n) is 5.97. The molecule has 3 fully saturated rings. The zero-order valence-electron chi connectivity index (χ0n) is 19.7. The van der Waals surface area contributed by atoms with Crippen molar-refractivity contribution in [2.45, 2.75) is 57.2 Å². The van der Waals surface area contributed by atoms with Crippen molar-refractivity contribution in [1.82, 2.24) is 14.9 Å². The van der Waals surface area contributed by atoms with Gasteiger partial charge < -0.3 is 18.8 Å². The molecule has 3 saturated heterocycles. The standard InChI is InChI=1S/C23H24F4N4O4S/c1-22(2,3)35-21(32)31-12-8-13(31)11-30(10-12)20-29-17-15(34-23(26,27)16(25)9-24)5-4-14(18(17)33-20)19-28-6-7-36-19/h4-7,12-13,16H,8-11H2,1-3H3. The minimum Gasteiger partial charge on any atom is -0.444 e. The summed E-state index contributed by atoms with van der Waals surface area (Å²) in [6.07, 6.45) is -5.55. The van der Waals surface area contributed by atoms with Crippen molar-refractivity contribution in [3.63, 3.8) is 0 Å². The van der Waals surface area contributed by atoms with Crippen LogP contribution in [0.2, 0.25) is 0 Å². The highest BCUT2D eigenvalue weighted by Crippen LogP contribution is 2.42. The average Bonchev–Trinajstić information content (AvgIpc) is 3.48. The maximum Gasteiger partial charge on any atom is 0.432 e. The zero-order chi connectivity index (χ0) is 25.8. The van der Waals surface area contributed by atoms with Gasteiger partial charge >= 0.3 is 12.2 Å². The summed E-state index contributed by atoms with van der Waals surface area (Å²) in [5, 5.41) is 2.31. The van der Waals surface area contributed by atoms with Crippen molar-refractivity contribution in [2.75, 3.05) is 24.7 Å². The molecule has 0 N–H and O–H groups in total. The van der Waals surface area contributed by atoms with Gasteiger partial charge in [0.05, 0.1) is 17.6 Å². The van der Waals surface area contributed by atoms with Crippen molar-refractivity contribution in [3.8, 4) is 16.3 Å². The van der Waals surface area contributed by atoms with Gasteiger partial charge in [0.25, 0.3) is 6.01 Å². The van der Waals surface area contributed by atoms with Gasteiger partial charge in [-0.2, -0.15) is 13.8 Å². The van der Waals surface area contributed by atoms with Crippen molar-refractivity contribution in [2.24, 2.45) is 0 Å². The topological polar surface area (TPSA) is 80.9 Å². The normalized spacial score (nSPS) is 20.9. The lowest BCUT2D eigenvalue weighted by Crippen LogP contribution is -2.70. The minimum absolute atomic E-state index is 0.0633. The molecule has 36 heavy (non-hydrogen) atoms. The summed E-state index contributed by atoms with van der Waals surface area (Å²) < 4.78 is 70.4. The van der Waals surface area contributed by atoms with Crippen LogP contribution in [0.15, 0.2) is 28.1 Å². The van der Waals surface area contributed by atoms with E-state index in [9.17, 15) is 22.4 Å². The molecule has 3 aliphatic heterocycles. The molecular formula is C23H24F4N4O4S. The molecule has 0 saturated carbocycles. The number of piperidine rings is 1. The van der Waals surface area contributed by atoms with Gasteiger partial charge in [-0.05, 0) is 39.3 Å². The highest BCUT2D eigenvalue weighted by Gasteiger charge is 2.50. The van der Waals surface area contributed by atoms with Crippen LogP contribution in [0, 0.1) is 0 Å². The maximum absolute atomic E-state index is 14.1. The fraction of sp³-hybridized carbons (Fsp3) is 0.522. The predicted octanol–water partition coefficient (Wildman–Crippen LogP) is 5.43. The van der Waals surface area contributed by atoms with Crippen LogP contribution in [0.5, 0.6) is 5.75 Å². The lowest BCUT2D eigenvalue weighted by molar-refractivity contribution is -0.221. The number of ether oxygens (including phenoxy) is 2. The molecule has 5 heterocycles. The Morgan fingerprint density at radius 3 is 2.61 bits per heavy atom. The average molecular weight is 529 g/mol. The number of fused-ring (bicyclic) bond motifs is 3. The van der Waals surface area contributed by atoms with E-state index in [-0.39, 0.29) is 29.2 Å². The van der Waals surface area contributed by atoms with Crippen LogP contribution >= 0.6 is 11.3 Å². The van der Waals surface area contributed by atoms with E-state index < -0.39 is 36.4 Å². The number of nitrogens with zero attached hydrogens (tertiary/aromatic N) is 4. The van der Waals surface area contributed by atoms with E-state index >= 15 is 0 Å². The SMILES string of the molecule is CC(C)(C)OC(=O)N1C2CC1CN(c1nc3c(OC(F)(F)C(F)CF)ccc(-c4nccs4)c3o1)C2. The largest absolute Gasteiger partial charge is 0.444 e. The van der Waals surface area contributed by atoms with Crippen LogP contribution < -0.4 is 9.64 Å². The molecule has 2 bridgehead atoms. The number of alkyl halides is 4. The highest BCUT2D eigenvalue weighted by atomic mass is 32.1. The first-order valence-electron chi connectivity index (χ1n) is 11.3. The van der Waals surface area contributed by atoms with Crippen molar-refractivity contribution in [1.29, 1.82) is 0 Å². The first-order valence-corrected chi connectivity index (χ1v) is 12.2. The lowest BCUT2D eigenvalue weighted by atomic mass is 9.88. The van der Waals surface area contributed by atoms with Gasteiger partial charge in [0, 0.05) is 24.7 Å². The Labute approximate surface area is 207 Å². The molecule has 2 aromatic heterocycles. The Kier molecular flexibility index (Phi) is 6.00. The quantitative estimate of drug-likeness (QED) is 0.395. The third kappa shape index (κ3) is 4.44. The molecular weight excluding hydrogens is 504 g/mol. The zero-order valence-corrected chi connectivity index (χ0v) is 20.5. The van der Waals surface area contributed by atoms with Gasteiger partial charge in [0.2, 0.25) is 6.17 Å². The maximum atomic E-state index is 14.1. The number of anilines is 1. The first-order chi connectivity index (χ1) is 17.0. The smallest absolute Gasteiger partial charge is 0.432 e. The summed E-state index contributed by atoms with van der Waals surface area (Å²) in [4.78, 5) is 24.7. The van der Waals surface area contributed by atoms with E-state index in [1.807, 2.05) is 4.90 Å². The Bertz CT molecular complexity index is 1250. The number of halogens is 4. The number of thiazole rings is 1. The number of aromatic nitrogens is 2. The van der Waals surface area contributed by atoms with Gasteiger partial charge in [-0.1, -0.05) is 0 Å². The molecule has 194 valence electrons. The summed E-state index contributed by atoms with van der Waals surface area (Å²) in [7, 11) is 0. The fourth-order valence-electron chi connectivity index (χ4n) is 4.39. The van der Waals surface area contributed by atoms with Crippen LogP contribution in [0.25, 0.3) is 21.7 Å². The number of amides is 1. The Hall–Kier alpha value is -3.09. The Morgan fingerprint density at radius 1 is 1.28 bits per heavy atom. The van der Waals surface area contributed by atoms with Crippen molar-refractivity contribution in [3.05, 3.63) is 23.7 Å². The third-order valence-corrected chi connectivity index (χ3v) is 6.78. The molecule has 1 aromatic carbocycles. The molecule has 0 aliphatic carbocycles. The lowest BCUT2D eigenvalue weighted by Gasteiger charge is -2.55. The summed E-state index contributed by atoms with van der Waals surface area (Å²) in [5.41, 5.74) is -0.0556. The monoisotopic (exact) mass is 528 g/mol. The summed E-state index contributed by atoms with van der Waals surface area (Å²) in [6, 6.07) is 2.57. The van der Waals surface area contributed by atoms with E-state index in [0.29, 0.717) is 23.7 Å². The van der Waals surface area contributed by atoms with E-state index in [1.165, 1.54) is 23.5 Å². The van der Waals surface area contributed by atoms with E-state index in [2.05, 4.69) is 14.7 Å². The van der Waals surface area contributed by atoms with E-state index in [4.69, 9.17) is 9.15 Å². The molecule has 0 spiro atoms. The van der Waals surface area contributed by atoms with E-state index in [0.717, 1.165) is 6.42 Å². The van der Waals surface area contributed by atoms with Gasteiger partial charge in [-0.25, -0.2) is 18.6 Å². The van der Waals surface area contributed by atoms with E-state index in [1.54, 1.807) is 37.2 Å². The molecule has 13 heteroatoms. The second kappa shape index (κ2) is 8.79. The van der Waals surface area contributed by atoms with Crippen LogP contribution in [-0.4, -0.2) is 70.7 Å². The number of rotatable bonds is 6. The number of piperazine rings is 1. The number of benzene rings is 1. The number of hydrogen-bond acceptors (Lipinski definition) is 8. The second-order valence-electron chi connectivity index (χ2n) is 9.74. The molecule has 8 nitrogen and oxygen atoms in total. The summed E-state index contributed by atoms with van der Waals surface area (Å²) in [5.74, 6) is -0.445. The summed E-state index contributed by atoms with van der Waals surface area (Å²) >= 11 is 1.31. The van der Waals surface area contributed by atoms with Gasteiger partial charge in [-0.15, -0.1) is 11.3 Å². The molecule has 3 atom stereocenters. The first kappa shape index (κ1) is 24.6. The van der Waals surface area contributed by atoms with Crippen LogP contribution in [0.1, 0.15) is 27.2 Å². The highest BCUT2D eigenvalue weighted by molar-refractivity contribution is 7.13. The van der Waals surface area contributed by atoms with Gasteiger partial charge in [-0.3, -0.25) is 4.90 Å².